The van der Waals surface area contributed by atoms with E-state index < -0.39 is 7.14 Å². The Morgan fingerprint density at radius 3 is 2.65 bits per heavy atom. The molecule has 0 unspecified atom stereocenters. The lowest BCUT2D eigenvalue weighted by atomic mass is 10.0. The van der Waals surface area contributed by atoms with Crippen molar-refractivity contribution < 1.29 is 18.8 Å². The van der Waals surface area contributed by atoms with Gasteiger partial charge in [0.1, 0.15) is 24.2 Å². The van der Waals surface area contributed by atoms with Crippen LogP contribution in [-0.4, -0.2) is 89.7 Å². The minimum absolute atomic E-state index is 0.0455. The second-order valence-corrected chi connectivity index (χ2v) is 15.2. The summed E-state index contributed by atoms with van der Waals surface area (Å²) in [4.78, 5) is 20.5. The maximum absolute atomic E-state index is 13.4. The topological polar surface area (TPSA) is 141 Å². The van der Waals surface area contributed by atoms with Crippen molar-refractivity contribution in [3.05, 3.63) is 59.7 Å². The van der Waals surface area contributed by atoms with Crippen molar-refractivity contribution in [3.8, 4) is 16.9 Å². The number of aromatic nitrogens is 6. The van der Waals surface area contributed by atoms with Crippen LogP contribution in [0.1, 0.15) is 0 Å². The van der Waals surface area contributed by atoms with Crippen molar-refractivity contribution in [2.75, 3.05) is 69.4 Å². The lowest BCUT2D eigenvalue weighted by molar-refractivity contribution is -0.01000. The minimum atomic E-state index is -2.77. The van der Waals surface area contributed by atoms with E-state index in [2.05, 4.69) is 51.5 Å². The number of aryl methyl sites for hydroxylation is 1. The Kier molecular flexibility index (Phi) is 9.23. The lowest BCUT2D eigenvalue weighted by Crippen LogP contribution is -2.44. The number of hydrogen-bond acceptors (Lipinski definition) is 12. The Bertz CT molecular complexity index is 1930. The largest absolute Gasteiger partial charge is 0.494 e. The van der Waals surface area contributed by atoms with Crippen LogP contribution in [0, 0.1) is 0 Å². The van der Waals surface area contributed by atoms with Crippen molar-refractivity contribution in [1.82, 2.24) is 29.7 Å². The monoisotopic (exact) mass is 707 g/mol. The van der Waals surface area contributed by atoms with E-state index in [1.807, 2.05) is 43.7 Å². The highest BCUT2D eigenvalue weighted by molar-refractivity contribution is 9.10. The molecule has 1 fully saturated rings. The standard InChI is InChI=1S/C31H35BrN9O4P/c1-40-16-19(14-36-40)21-12-25(27(44-3)13-26(21)41-10-11-45-20(17-41)18-43-2)38-31-35-15-22(32)30(39-31)37-24-7-6-23-28(34-9-8-33-23)29(24)46(4,5)42/h6-9,12-16,20H,10-11,17-18H2,1-5H3,(H2,35,37,38,39)/t20-/m1/s1. The zero-order chi connectivity index (χ0) is 32.4. The van der Waals surface area contributed by atoms with Gasteiger partial charge in [0.2, 0.25) is 5.95 Å². The third-order valence-corrected chi connectivity index (χ3v) is 9.67. The molecule has 6 rings (SSSR count). The minimum Gasteiger partial charge on any atom is -0.494 e. The van der Waals surface area contributed by atoms with Crippen LogP contribution < -0.4 is 25.6 Å². The van der Waals surface area contributed by atoms with Gasteiger partial charge >= 0.3 is 0 Å². The third kappa shape index (κ3) is 6.70. The van der Waals surface area contributed by atoms with E-state index in [4.69, 9.17) is 19.2 Å². The summed E-state index contributed by atoms with van der Waals surface area (Å²) in [7, 11) is 2.44. The predicted octanol–water partition coefficient (Wildman–Crippen LogP) is 5.18. The molecule has 0 bridgehead atoms. The van der Waals surface area contributed by atoms with Crippen LogP contribution in [0.15, 0.2) is 59.7 Å². The molecule has 13 nitrogen and oxygen atoms in total. The number of fused-ring (bicyclic) bond motifs is 1. The third-order valence-electron chi connectivity index (χ3n) is 7.56. The van der Waals surface area contributed by atoms with Crippen LogP contribution in [0.2, 0.25) is 0 Å². The fraction of sp³-hybridized carbons (Fsp3) is 0.323. The maximum atomic E-state index is 13.4. The molecule has 5 aromatic rings. The van der Waals surface area contributed by atoms with Crippen LogP contribution in [-0.2, 0) is 21.1 Å². The van der Waals surface area contributed by atoms with Crippen LogP contribution in [0.25, 0.3) is 22.2 Å². The number of anilines is 5. The molecule has 0 radical (unpaired) electrons. The molecule has 15 heteroatoms. The highest BCUT2D eigenvalue weighted by atomic mass is 79.9. The zero-order valence-electron chi connectivity index (χ0n) is 26.2. The molecule has 4 heterocycles. The van der Waals surface area contributed by atoms with Crippen molar-refractivity contribution in [2.24, 2.45) is 7.05 Å². The Hall–Kier alpha value is -4.10. The van der Waals surface area contributed by atoms with Gasteiger partial charge in [0.25, 0.3) is 0 Å². The van der Waals surface area contributed by atoms with E-state index >= 15 is 0 Å². The Labute approximate surface area is 275 Å². The molecule has 1 atom stereocenters. The average molecular weight is 709 g/mol. The van der Waals surface area contributed by atoms with Gasteiger partial charge in [-0.25, -0.2) is 4.98 Å². The Morgan fingerprint density at radius 1 is 1.09 bits per heavy atom. The van der Waals surface area contributed by atoms with Crippen molar-refractivity contribution >= 4 is 68.2 Å². The molecule has 1 aliphatic heterocycles. The molecule has 240 valence electrons. The highest BCUT2D eigenvalue weighted by Gasteiger charge is 2.26. The Balaban J connectivity index is 1.37. The number of nitrogens with zero attached hydrogens (tertiary/aromatic N) is 7. The van der Waals surface area contributed by atoms with Gasteiger partial charge in [-0.15, -0.1) is 0 Å². The SMILES string of the molecule is COC[C@H]1CN(c2cc(OC)c(Nc3ncc(Br)c(Nc4ccc5nccnc5c4P(C)(C)=O)n3)cc2-c2cnn(C)c2)CCO1. The molecule has 2 N–H and O–H groups in total. The van der Waals surface area contributed by atoms with E-state index in [-0.39, 0.29) is 6.10 Å². The number of rotatable bonds is 10. The van der Waals surface area contributed by atoms with Crippen LogP contribution in [0.3, 0.4) is 0 Å². The molecular weight excluding hydrogens is 673 g/mol. The molecule has 46 heavy (non-hydrogen) atoms. The van der Waals surface area contributed by atoms with Gasteiger partial charge in [0.05, 0.1) is 59.3 Å². The summed E-state index contributed by atoms with van der Waals surface area (Å²) in [5.41, 5.74) is 5.47. The van der Waals surface area contributed by atoms with Crippen LogP contribution in [0.5, 0.6) is 5.75 Å². The summed E-state index contributed by atoms with van der Waals surface area (Å²) in [5.74, 6) is 1.43. The fourth-order valence-electron chi connectivity index (χ4n) is 5.54. The van der Waals surface area contributed by atoms with Gasteiger partial charge in [-0.3, -0.25) is 14.6 Å². The number of methoxy groups -OCH3 is 2. The van der Waals surface area contributed by atoms with Gasteiger partial charge in [-0.2, -0.15) is 10.1 Å². The molecule has 0 saturated carbocycles. The first-order valence-electron chi connectivity index (χ1n) is 14.6. The van der Waals surface area contributed by atoms with Crippen molar-refractivity contribution in [1.29, 1.82) is 0 Å². The summed E-state index contributed by atoms with van der Waals surface area (Å²) < 4.78 is 33.0. The number of benzene rings is 2. The molecule has 0 spiro atoms. The Morgan fingerprint density at radius 2 is 1.91 bits per heavy atom. The molecule has 3 aromatic heterocycles. The van der Waals surface area contributed by atoms with Gasteiger partial charge in [-0.05, 0) is 47.5 Å². The second-order valence-electron chi connectivity index (χ2n) is 11.2. The van der Waals surface area contributed by atoms with Gasteiger partial charge in [-0.1, -0.05) is 0 Å². The number of hydrogen-bond donors (Lipinski definition) is 2. The smallest absolute Gasteiger partial charge is 0.229 e. The summed E-state index contributed by atoms with van der Waals surface area (Å²) in [5, 5.41) is 11.7. The summed E-state index contributed by atoms with van der Waals surface area (Å²) in [6.45, 7) is 5.92. The summed E-state index contributed by atoms with van der Waals surface area (Å²) in [6, 6.07) is 7.73. The normalized spacial score (nSPS) is 15.3. The maximum Gasteiger partial charge on any atom is 0.229 e. The fourth-order valence-corrected chi connectivity index (χ4v) is 7.23. The first-order valence-corrected chi connectivity index (χ1v) is 18.0. The van der Waals surface area contributed by atoms with Crippen molar-refractivity contribution in [3.63, 3.8) is 0 Å². The first kappa shape index (κ1) is 31.9. The van der Waals surface area contributed by atoms with Gasteiger partial charge < -0.3 is 34.3 Å². The highest BCUT2D eigenvalue weighted by Crippen LogP contribution is 2.43. The van der Waals surface area contributed by atoms with Gasteiger partial charge in [0, 0.05) is 74.9 Å². The van der Waals surface area contributed by atoms with E-state index in [1.165, 1.54) is 0 Å². The number of halogens is 1. The molecule has 0 amide bonds. The van der Waals surface area contributed by atoms with Crippen molar-refractivity contribution in [2.45, 2.75) is 6.10 Å². The first-order chi connectivity index (χ1) is 22.1. The second kappa shape index (κ2) is 13.3. The van der Waals surface area contributed by atoms with E-state index in [1.54, 1.807) is 50.8 Å². The average Bonchev–Trinajstić information content (AvgIpc) is 3.48. The predicted molar refractivity (Wildman–Crippen MR) is 184 cm³/mol. The zero-order valence-corrected chi connectivity index (χ0v) is 28.7. The van der Waals surface area contributed by atoms with Gasteiger partial charge in [0.15, 0.2) is 0 Å². The van der Waals surface area contributed by atoms with Crippen LogP contribution in [0.4, 0.5) is 28.8 Å². The quantitative estimate of drug-likeness (QED) is 0.185. The van der Waals surface area contributed by atoms with E-state index in [0.717, 1.165) is 23.4 Å². The molecule has 0 aliphatic carbocycles. The molecule has 1 aliphatic rings. The molecule has 1 saturated heterocycles. The molecular formula is C31H35BrN9O4P. The number of morpholine rings is 1. The number of ether oxygens (including phenoxy) is 3. The summed E-state index contributed by atoms with van der Waals surface area (Å²) in [6.07, 6.45) is 8.65. The number of nitrogens with one attached hydrogen (secondary N) is 2. The van der Waals surface area contributed by atoms with E-state index in [9.17, 15) is 4.57 Å². The lowest BCUT2D eigenvalue weighted by Gasteiger charge is -2.35. The molecule has 2 aromatic carbocycles. The van der Waals surface area contributed by atoms with E-state index in [0.29, 0.717) is 69.5 Å². The summed E-state index contributed by atoms with van der Waals surface area (Å²) >= 11 is 3.57. The van der Waals surface area contributed by atoms with Crippen LogP contribution >= 0.6 is 23.1 Å².